The highest BCUT2D eigenvalue weighted by Gasteiger charge is 2.13. The van der Waals surface area contributed by atoms with Crippen molar-refractivity contribution in [3.8, 4) is 0 Å². The van der Waals surface area contributed by atoms with Crippen LogP contribution in [0.2, 0.25) is 5.02 Å². The number of benzene rings is 2. The Hall–Kier alpha value is -2.46. The number of nitrogens with one attached hydrogen (secondary N) is 1. The monoisotopic (exact) mass is 372 g/mol. The molecule has 0 spiro atoms. The topological polar surface area (TPSA) is 41.5 Å². The Morgan fingerprint density at radius 3 is 2.54 bits per heavy atom. The van der Waals surface area contributed by atoms with Crippen LogP contribution < -0.4 is 5.32 Å². The third kappa shape index (κ3) is 4.79. The first-order chi connectivity index (χ1) is 12.3. The van der Waals surface area contributed by atoms with Crippen LogP contribution in [0.15, 0.2) is 48.0 Å². The summed E-state index contributed by atoms with van der Waals surface area (Å²) >= 11 is 6.32. The molecule has 26 heavy (non-hydrogen) atoms. The molecule has 1 N–H and O–H groups in total. The first-order valence-electron chi connectivity index (χ1n) is 8.48. The minimum Gasteiger partial charge on any atom is -0.310 e. The third-order valence-corrected chi connectivity index (χ3v) is 4.32. The van der Waals surface area contributed by atoms with Crippen molar-refractivity contribution in [1.29, 1.82) is 0 Å². The van der Waals surface area contributed by atoms with Gasteiger partial charge in [-0.2, -0.15) is 0 Å². The van der Waals surface area contributed by atoms with Gasteiger partial charge in [-0.05, 0) is 54.3 Å². The highest BCUT2D eigenvalue weighted by molar-refractivity contribution is 6.34. The molecule has 0 aliphatic heterocycles. The number of hydrogen-bond donors (Lipinski definition) is 1. The van der Waals surface area contributed by atoms with Gasteiger partial charge >= 0.3 is 0 Å². The zero-order valence-corrected chi connectivity index (χ0v) is 16.0. The number of aliphatic imine (C=N–C) groups is 1. The van der Waals surface area contributed by atoms with Gasteiger partial charge in [-0.15, -0.1) is 0 Å². The van der Waals surface area contributed by atoms with Gasteiger partial charge in [-0.25, -0.2) is 9.38 Å². The maximum Gasteiger partial charge on any atom is 0.222 e. The minimum absolute atomic E-state index is 0.256. The lowest BCUT2D eigenvalue weighted by molar-refractivity contribution is -0.117. The number of halogens is 2. The zero-order chi connectivity index (χ0) is 19.3. The van der Waals surface area contributed by atoms with E-state index in [0.29, 0.717) is 39.7 Å². The van der Waals surface area contributed by atoms with Crippen LogP contribution in [0.3, 0.4) is 0 Å². The Kier molecular flexibility index (Phi) is 6.70. The van der Waals surface area contributed by atoms with E-state index in [4.69, 9.17) is 11.6 Å². The van der Waals surface area contributed by atoms with Crippen molar-refractivity contribution in [3.05, 3.63) is 76.1 Å². The second-order valence-electron chi connectivity index (χ2n) is 5.92. The van der Waals surface area contributed by atoms with Crippen LogP contribution in [0, 0.1) is 5.82 Å². The summed E-state index contributed by atoms with van der Waals surface area (Å²) in [6.45, 7) is 9.29. The molecule has 5 heteroatoms. The van der Waals surface area contributed by atoms with Gasteiger partial charge in [-0.3, -0.25) is 4.79 Å². The Balaban J connectivity index is 2.49. The Morgan fingerprint density at radius 2 is 1.92 bits per heavy atom. The van der Waals surface area contributed by atoms with E-state index in [1.54, 1.807) is 18.2 Å². The molecule has 0 unspecified atom stereocenters. The van der Waals surface area contributed by atoms with Crippen molar-refractivity contribution in [2.24, 2.45) is 4.99 Å². The molecule has 0 saturated carbocycles. The molecule has 2 rings (SSSR count). The molecular formula is C21H22ClFN2O. The molecule has 0 saturated heterocycles. The number of carbonyl (C=O) groups is 1. The quantitative estimate of drug-likeness (QED) is 0.571. The molecule has 1 amide bonds. The number of nitrogens with zero attached hydrogens (tertiary/aromatic N) is 1. The predicted octanol–water partition coefficient (Wildman–Crippen LogP) is 5.16. The fraction of sp³-hybridized carbons (Fsp3) is 0.238. The summed E-state index contributed by atoms with van der Waals surface area (Å²) < 4.78 is 13.7. The number of amidine groups is 1. The summed E-state index contributed by atoms with van der Waals surface area (Å²) in [6.07, 6.45) is 1.40. The van der Waals surface area contributed by atoms with Gasteiger partial charge in [0.2, 0.25) is 5.91 Å². The van der Waals surface area contributed by atoms with E-state index in [1.165, 1.54) is 13.0 Å². The summed E-state index contributed by atoms with van der Waals surface area (Å²) in [4.78, 5) is 16.1. The summed E-state index contributed by atoms with van der Waals surface area (Å²) in [7, 11) is 0. The van der Waals surface area contributed by atoms with E-state index in [2.05, 4.69) is 16.9 Å². The Bertz CT molecular complexity index is 874. The highest BCUT2D eigenvalue weighted by Crippen LogP contribution is 2.22. The molecule has 0 atom stereocenters. The maximum atomic E-state index is 13.7. The summed E-state index contributed by atoms with van der Waals surface area (Å²) in [5, 5.41) is 3.20. The average molecular weight is 373 g/mol. The second-order valence-corrected chi connectivity index (χ2v) is 6.32. The zero-order valence-electron chi connectivity index (χ0n) is 15.2. The maximum absolute atomic E-state index is 13.7. The Morgan fingerprint density at radius 1 is 1.19 bits per heavy atom. The first kappa shape index (κ1) is 19.9. The van der Waals surface area contributed by atoms with Crippen LogP contribution in [-0.4, -0.2) is 11.7 Å². The van der Waals surface area contributed by atoms with Crippen molar-refractivity contribution in [2.45, 2.75) is 33.6 Å². The molecule has 0 aliphatic rings. The molecule has 0 radical (unpaired) electrons. The van der Waals surface area contributed by atoms with Crippen LogP contribution in [0.25, 0.3) is 5.70 Å². The van der Waals surface area contributed by atoms with Crippen LogP contribution in [0.5, 0.6) is 0 Å². The lowest BCUT2D eigenvalue weighted by atomic mass is 10.1. The lowest BCUT2D eigenvalue weighted by Crippen LogP contribution is -2.29. The second kappa shape index (κ2) is 8.77. The van der Waals surface area contributed by atoms with Crippen LogP contribution in [0.4, 0.5) is 4.39 Å². The predicted molar refractivity (Wildman–Crippen MR) is 106 cm³/mol. The molecule has 2 aromatic rings. The van der Waals surface area contributed by atoms with Gasteiger partial charge in [0.15, 0.2) is 0 Å². The number of hydrogen-bond acceptors (Lipinski definition) is 2. The van der Waals surface area contributed by atoms with E-state index in [0.717, 1.165) is 12.0 Å². The first-order valence-corrected chi connectivity index (χ1v) is 8.86. The van der Waals surface area contributed by atoms with Gasteiger partial charge in [0.1, 0.15) is 11.7 Å². The molecule has 0 aliphatic carbocycles. The standard InChI is InChI=1S/C21H22ClFN2O/c1-5-15-7-9-19(22)18(11-15)21(25-14(4)26)24-13(3)17-8-10-20(23)16(6-2)12-17/h7-12H,3,5-6H2,1-2,4H3,(H,24,25,26). The van der Waals surface area contributed by atoms with E-state index < -0.39 is 0 Å². The summed E-state index contributed by atoms with van der Waals surface area (Å²) in [6, 6.07) is 10.3. The lowest BCUT2D eigenvalue weighted by Gasteiger charge is -2.12. The SMILES string of the molecule is C=C(N=C(NC(C)=O)c1cc(CC)ccc1Cl)c1ccc(F)c(CC)c1. The van der Waals surface area contributed by atoms with Gasteiger partial charge in [0.25, 0.3) is 0 Å². The van der Waals surface area contributed by atoms with Crippen molar-refractivity contribution in [1.82, 2.24) is 5.32 Å². The molecule has 0 heterocycles. The fourth-order valence-corrected chi connectivity index (χ4v) is 2.73. The van der Waals surface area contributed by atoms with Crippen LogP contribution >= 0.6 is 11.6 Å². The minimum atomic E-state index is -0.261. The number of carbonyl (C=O) groups excluding carboxylic acids is 1. The van der Waals surface area contributed by atoms with Crippen molar-refractivity contribution in [3.63, 3.8) is 0 Å². The molecule has 0 aromatic heterocycles. The van der Waals surface area contributed by atoms with Gasteiger partial charge < -0.3 is 5.32 Å². The summed E-state index contributed by atoms with van der Waals surface area (Å²) in [5.74, 6) is -0.193. The van der Waals surface area contributed by atoms with Gasteiger partial charge in [0.05, 0.1) is 10.7 Å². The molecule has 0 bridgehead atoms. The van der Waals surface area contributed by atoms with Crippen molar-refractivity contribution in [2.75, 3.05) is 0 Å². The largest absolute Gasteiger partial charge is 0.310 e. The van der Waals surface area contributed by atoms with Gasteiger partial charge in [-0.1, -0.05) is 38.1 Å². The van der Waals surface area contributed by atoms with E-state index >= 15 is 0 Å². The number of aryl methyl sites for hydroxylation is 2. The Labute approximate surface area is 158 Å². The molecular weight excluding hydrogens is 351 g/mol. The van der Waals surface area contributed by atoms with E-state index in [-0.39, 0.29) is 11.7 Å². The number of amides is 1. The average Bonchev–Trinajstić information content (AvgIpc) is 2.61. The fourth-order valence-electron chi connectivity index (χ4n) is 2.52. The van der Waals surface area contributed by atoms with Crippen LogP contribution in [-0.2, 0) is 17.6 Å². The van der Waals surface area contributed by atoms with Crippen molar-refractivity contribution >= 4 is 29.0 Å². The molecule has 0 fully saturated rings. The molecule has 2 aromatic carbocycles. The van der Waals surface area contributed by atoms with E-state index in [9.17, 15) is 9.18 Å². The van der Waals surface area contributed by atoms with Crippen LogP contribution in [0.1, 0.15) is 43.0 Å². The van der Waals surface area contributed by atoms with E-state index in [1.807, 2.05) is 26.0 Å². The van der Waals surface area contributed by atoms with Crippen molar-refractivity contribution < 1.29 is 9.18 Å². The normalized spacial score (nSPS) is 11.3. The summed E-state index contributed by atoms with van der Waals surface area (Å²) in [5.41, 5.74) is 3.39. The number of rotatable bonds is 5. The molecule has 3 nitrogen and oxygen atoms in total. The third-order valence-electron chi connectivity index (χ3n) is 4.00. The highest BCUT2D eigenvalue weighted by atomic mass is 35.5. The smallest absolute Gasteiger partial charge is 0.222 e. The van der Waals surface area contributed by atoms with Gasteiger partial charge in [0, 0.05) is 18.1 Å². The molecule has 136 valence electrons.